The third-order valence-electron chi connectivity index (χ3n) is 4.06. The molecule has 0 bridgehead atoms. The maximum atomic E-state index is 11.4. The predicted octanol–water partition coefficient (Wildman–Crippen LogP) is 2.04. The molecule has 0 atom stereocenters. The molecule has 0 aliphatic carbocycles. The molecule has 2 aliphatic rings. The van der Waals surface area contributed by atoms with Crippen LogP contribution in [0, 0.1) is 6.92 Å². The van der Waals surface area contributed by atoms with E-state index in [1.54, 1.807) is 6.07 Å². The summed E-state index contributed by atoms with van der Waals surface area (Å²) in [7, 11) is 0. The average Bonchev–Trinajstić information content (AvgIpc) is 2.88. The maximum absolute atomic E-state index is 11.4. The molecule has 0 amide bonds. The largest absolute Gasteiger partial charge is 0.478 e. The number of carboxylic acids is 1. The fourth-order valence-corrected chi connectivity index (χ4v) is 2.97. The van der Waals surface area contributed by atoms with E-state index in [-0.39, 0.29) is 0 Å². The van der Waals surface area contributed by atoms with E-state index in [2.05, 4.69) is 4.90 Å². The van der Waals surface area contributed by atoms with E-state index in [0.29, 0.717) is 18.8 Å². The summed E-state index contributed by atoms with van der Waals surface area (Å²) in [6.07, 6.45) is 1.56. The molecule has 20 heavy (non-hydrogen) atoms. The molecule has 2 saturated heterocycles. The first-order chi connectivity index (χ1) is 9.60. The second-order valence-electron chi connectivity index (χ2n) is 5.42. The van der Waals surface area contributed by atoms with E-state index in [9.17, 15) is 9.90 Å². The number of carbonyl (C=O) groups is 1. The van der Waals surface area contributed by atoms with Gasteiger partial charge in [0.05, 0.1) is 24.5 Å². The van der Waals surface area contributed by atoms with E-state index >= 15 is 0 Å². The highest BCUT2D eigenvalue weighted by molar-refractivity contribution is 5.94. The van der Waals surface area contributed by atoms with Crippen LogP contribution < -0.4 is 4.90 Å². The van der Waals surface area contributed by atoms with E-state index in [1.807, 2.05) is 19.1 Å². The summed E-state index contributed by atoms with van der Waals surface area (Å²) in [6.45, 7) is 4.73. The Morgan fingerprint density at radius 2 is 1.90 bits per heavy atom. The number of anilines is 1. The zero-order valence-corrected chi connectivity index (χ0v) is 11.6. The van der Waals surface area contributed by atoms with Crippen molar-refractivity contribution in [1.82, 2.24) is 0 Å². The molecule has 0 aromatic heterocycles. The Hall–Kier alpha value is -1.59. The molecule has 2 heterocycles. The first-order valence-electron chi connectivity index (χ1n) is 6.96. The van der Waals surface area contributed by atoms with Crippen molar-refractivity contribution in [2.45, 2.75) is 25.6 Å². The predicted molar refractivity (Wildman–Crippen MR) is 74.2 cm³/mol. The van der Waals surface area contributed by atoms with Gasteiger partial charge in [0, 0.05) is 25.9 Å². The van der Waals surface area contributed by atoms with Gasteiger partial charge in [-0.2, -0.15) is 0 Å². The van der Waals surface area contributed by atoms with Crippen LogP contribution in [0.4, 0.5) is 5.69 Å². The van der Waals surface area contributed by atoms with Crippen LogP contribution in [-0.2, 0) is 9.47 Å². The van der Waals surface area contributed by atoms with Crippen LogP contribution in [0.15, 0.2) is 18.2 Å². The number of benzene rings is 1. The smallest absolute Gasteiger partial charge is 0.337 e. The second kappa shape index (κ2) is 5.07. The van der Waals surface area contributed by atoms with Crippen molar-refractivity contribution >= 4 is 11.7 Å². The Morgan fingerprint density at radius 3 is 2.50 bits per heavy atom. The fraction of sp³-hybridized carbons (Fsp3) is 0.533. The number of hydrogen-bond acceptors (Lipinski definition) is 4. The number of ether oxygens (including phenoxy) is 2. The first-order valence-corrected chi connectivity index (χ1v) is 6.96. The quantitative estimate of drug-likeness (QED) is 0.896. The molecule has 1 N–H and O–H groups in total. The number of rotatable bonds is 2. The van der Waals surface area contributed by atoms with E-state index in [4.69, 9.17) is 9.47 Å². The molecule has 2 fully saturated rings. The molecule has 108 valence electrons. The number of aryl methyl sites for hydroxylation is 1. The first kappa shape index (κ1) is 13.4. The Morgan fingerprint density at radius 1 is 1.25 bits per heavy atom. The van der Waals surface area contributed by atoms with Crippen LogP contribution in [-0.4, -0.2) is 43.2 Å². The third kappa shape index (κ3) is 2.39. The molecule has 0 saturated carbocycles. The minimum absolute atomic E-state index is 0.370. The van der Waals surface area contributed by atoms with Crippen molar-refractivity contribution in [2.75, 3.05) is 31.2 Å². The van der Waals surface area contributed by atoms with Crippen molar-refractivity contribution in [1.29, 1.82) is 0 Å². The molecule has 1 aromatic carbocycles. The van der Waals surface area contributed by atoms with Crippen LogP contribution in [0.1, 0.15) is 28.8 Å². The standard InChI is InChI=1S/C15H19NO4/c1-11-2-3-13(12(10-11)14(17)18)16-6-4-15(5-7-16)19-8-9-20-15/h2-3,10H,4-9H2,1H3,(H,17,18). The van der Waals surface area contributed by atoms with Gasteiger partial charge in [-0.05, 0) is 19.1 Å². The molecule has 3 rings (SSSR count). The molecule has 5 heteroatoms. The van der Waals surface area contributed by atoms with Gasteiger partial charge in [0.25, 0.3) is 0 Å². The minimum atomic E-state index is -0.877. The van der Waals surface area contributed by atoms with Gasteiger partial charge in [-0.1, -0.05) is 11.6 Å². The number of piperidine rings is 1. The Bertz CT molecular complexity index is 513. The highest BCUT2D eigenvalue weighted by Gasteiger charge is 2.40. The molecule has 1 aromatic rings. The molecule has 1 spiro atoms. The van der Waals surface area contributed by atoms with E-state index in [0.717, 1.165) is 37.2 Å². The molecule has 2 aliphatic heterocycles. The number of carboxylic acid groups (broad SMARTS) is 1. The average molecular weight is 277 g/mol. The van der Waals surface area contributed by atoms with E-state index < -0.39 is 11.8 Å². The van der Waals surface area contributed by atoms with Gasteiger partial charge in [0.1, 0.15) is 0 Å². The van der Waals surface area contributed by atoms with Gasteiger partial charge in [-0.3, -0.25) is 0 Å². The fourth-order valence-electron chi connectivity index (χ4n) is 2.97. The Labute approximate surface area is 118 Å². The van der Waals surface area contributed by atoms with Gasteiger partial charge in [0.2, 0.25) is 0 Å². The summed E-state index contributed by atoms with van der Waals surface area (Å²) in [5.41, 5.74) is 2.12. The normalized spacial score (nSPS) is 21.4. The van der Waals surface area contributed by atoms with Crippen LogP contribution in [0.25, 0.3) is 0 Å². The molecule has 0 unspecified atom stereocenters. The monoisotopic (exact) mass is 277 g/mol. The minimum Gasteiger partial charge on any atom is -0.478 e. The van der Waals surface area contributed by atoms with Crippen molar-refractivity contribution < 1.29 is 19.4 Å². The zero-order chi connectivity index (χ0) is 14.2. The topological polar surface area (TPSA) is 59.0 Å². The van der Waals surface area contributed by atoms with Gasteiger partial charge >= 0.3 is 5.97 Å². The number of nitrogens with zero attached hydrogens (tertiary/aromatic N) is 1. The highest BCUT2D eigenvalue weighted by Crippen LogP contribution is 2.34. The van der Waals surface area contributed by atoms with Gasteiger partial charge < -0.3 is 19.5 Å². The molecular formula is C15H19NO4. The van der Waals surface area contributed by atoms with Crippen molar-refractivity contribution in [3.63, 3.8) is 0 Å². The van der Waals surface area contributed by atoms with Gasteiger partial charge in [-0.25, -0.2) is 4.79 Å². The third-order valence-corrected chi connectivity index (χ3v) is 4.06. The molecule has 5 nitrogen and oxygen atoms in total. The molecular weight excluding hydrogens is 258 g/mol. The summed E-state index contributed by atoms with van der Waals surface area (Å²) in [5, 5.41) is 9.35. The second-order valence-corrected chi connectivity index (χ2v) is 5.42. The lowest BCUT2D eigenvalue weighted by atomic mass is 10.0. The summed E-state index contributed by atoms with van der Waals surface area (Å²) in [5.74, 6) is -1.30. The van der Waals surface area contributed by atoms with Crippen LogP contribution >= 0.6 is 0 Å². The lowest BCUT2D eigenvalue weighted by Gasteiger charge is -2.39. The summed E-state index contributed by atoms with van der Waals surface area (Å²) in [6, 6.07) is 5.58. The Kier molecular flexibility index (Phi) is 3.40. The van der Waals surface area contributed by atoms with Crippen LogP contribution in [0.2, 0.25) is 0 Å². The van der Waals surface area contributed by atoms with Crippen LogP contribution in [0.5, 0.6) is 0 Å². The number of aromatic carboxylic acids is 1. The Balaban J connectivity index is 1.79. The van der Waals surface area contributed by atoms with Gasteiger partial charge in [-0.15, -0.1) is 0 Å². The summed E-state index contributed by atoms with van der Waals surface area (Å²) in [4.78, 5) is 13.5. The summed E-state index contributed by atoms with van der Waals surface area (Å²) < 4.78 is 11.4. The SMILES string of the molecule is Cc1ccc(N2CCC3(CC2)OCCO3)c(C(=O)O)c1. The lowest BCUT2D eigenvalue weighted by molar-refractivity contribution is -0.169. The van der Waals surface area contributed by atoms with Gasteiger partial charge in [0.15, 0.2) is 5.79 Å². The van der Waals surface area contributed by atoms with Crippen molar-refractivity contribution in [3.05, 3.63) is 29.3 Å². The van der Waals surface area contributed by atoms with Crippen molar-refractivity contribution in [2.24, 2.45) is 0 Å². The van der Waals surface area contributed by atoms with Crippen LogP contribution in [0.3, 0.4) is 0 Å². The maximum Gasteiger partial charge on any atom is 0.337 e. The number of hydrogen-bond donors (Lipinski definition) is 1. The summed E-state index contributed by atoms with van der Waals surface area (Å²) >= 11 is 0. The van der Waals surface area contributed by atoms with Crippen molar-refractivity contribution in [3.8, 4) is 0 Å². The zero-order valence-electron chi connectivity index (χ0n) is 11.6. The molecule has 0 radical (unpaired) electrons. The van der Waals surface area contributed by atoms with E-state index in [1.165, 1.54) is 0 Å². The lowest BCUT2D eigenvalue weighted by Crippen LogP contribution is -2.45. The highest BCUT2D eigenvalue weighted by atomic mass is 16.7.